The molecule has 2 aromatic carbocycles. The zero-order valence-corrected chi connectivity index (χ0v) is 15.9. The molecular formula is C22H20N2O4. The summed E-state index contributed by atoms with van der Waals surface area (Å²) in [5.74, 6) is 1.84. The molecule has 1 N–H and O–H groups in total. The lowest BCUT2D eigenvalue weighted by molar-refractivity contribution is 0.0992. The van der Waals surface area contributed by atoms with Gasteiger partial charge in [-0.15, -0.1) is 0 Å². The van der Waals surface area contributed by atoms with Gasteiger partial charge in [-0.1, -0.05) is 17.7 Å². The number of carbonyl (C=O) groups is 1. The Hall–Kier alpha value is -3.54. The van der Waals surface area contributed by atoms with Gasteiger partial charge < -0.3 is 18.9 Å². The lowest BCUT2D eigenvalue weighted by Crippen LogP contribution is -2.10. The van der Waals surface area contributed by atoms with Gasteiger partial charge in [-0.2, -0.15) is 0 Å². The Labute approximate surface area is 162 Å². The maximum absolute atomic E-state index is 12.4. The molecule has 6 heteroatoms. The molecule has 2 heterocycles. The molecule has 0 aliphatic heterocycles. The minimum Gasteiger partial charge on any atom is -0.485 e. The van der Waals surface area contributed by atoms with Gasteiger partial charge in [0, 0.05) is 12.6 Å². The fourth-order valence-corrected chi connectivity index (χ4v) is 3.00. The average molecular weight is 376 g/mol. The highest BCUT2D eigenvalue weighted by molar-refractivity contribution is 6.03. The van der Waals surface area contributed by atoms with Gasteiger partial charge in [-0.25, -0.2) is 4.98 Å². The highest BCUT2D eigenvalue weighted by atomic mass is 16.5. The summed E-state index contributed by atoms with van der Waals surface area (Å²) in [7, 11) is 0. The normalized spacial score (nSPS) is 11.0. The van der Waals surface area contributed by atoms with E-state index in [1.807, 2.05) is 26.0 Å². The molecule has 0 saturated carbocycles. The highest BCUT2D eigenvalue weighted by Gasteiger charge is 2.13. The summed E-state index contributed by atoms with van der Waals surface area (Å²) in [6.07, 6.45) is 0. The molecule has 0 spiro atoms. The molecule has 0 atom stereocenters. The number of hydrogen-bond acceptors (Lipinski definition) is 5. The van der Waals surface area contributed by atoms with Crippen LogP contribution in [0.4, 0.5) is 5.69 Å². The number of furan rings is 1. The third-order valence-electron chi connectivity index (χ3n) is 4.34. The van der Waals surface area contributed by atoms with E-state index in [1.54, 1.807) is 37.3 Å². The summed E-state index contributed by atoms with van der Waals surface area (Å²) < 4.78 is 16.9. The Morgan fingerprint density at radius 1 is 1.04 bits per heavy atom. The van der Waals surface area contributed by atoms with E-state index in [2.05, 4.69) is 16.4 Å². The van der Waals surface area contributed by atoms with Crippen molar-refractivity contribution in [1.82, 2.24) is 4.98 Å². The Kier molecular flexibility index (Phi) is 4.61. The monoisotopic (exact) mass is 376 g/mol. The summed E-state index contributed by atoms with van der Waals surface area (Å²) in [6, 6.07) is 14.7. The summed E-state index contributed by atoms with van der Waals surface area (Å²) in [6.45, 7) is 6.07. The van der Waals surface area contributed by atoms with Crippen molar-refractivity contribution in [2.24, 2.45) is 0 Å². The molecule has 0 bridgehead atoms. The van der Waals surface area contributed by atoms with E-state index in [4.69, 9.17) is 13.6 Å². The Morgan fingerprint density at radius 3 is 2.71 bits per heavy atom. The number of benzene rings is 2. The third-order valence-corrected chi connectivity index (χ3v) is 4.34. The molecule has 0 radical (unpaired) electrons. The van der Waals surface area contributed by atoms with E-state index in [-0.39, 0.29) is 18.3 Å². The molecule has 0 fully saturated rings. The van der Waals surface area contributed by atoms with E-state index in [9.17, 15) is 4.79 Å². The molecule has 28 heavy (non-hydrogen) atoms. The first-order valence-corrected chi connectivity index (χ1v) is 8.95. The van der Waals surface area contributed by atoms with Crippen molar-refractivity contribution < 1.29 is 18.4 Å². The highest BCUT2D eigenvalue weighted by Crippen LogP contribution is 2.22. The SMILES string of the molecule is Cc1ccc(OCc2ccc(C(=O)Nc3ccc4oc(C)nc4c3)o2)c(C)c1. The topological polar surface area (TPSA) is 77.5 Å². The number of amides is 1. The Bertz CT molecular complexity index is 1160. The van der Waals surface area contributed by atoms with Gasteiger partial charge in [-0.05, 0) is 55.8 Å². The van der Waals surface area contributed by atoms with Crippen LogP contribution < -0.4 is 10.1 Å². The summed E-state index contributed by atoms with van der Waals surface area (Å²) in [5.41, 5.74) is 4.23. The van der Waals surface area contributed by atoms with Gasteiger partial charge in [0.25, 0.3) is 5.91 Å². The number of nitrogens with one attached hydrogen (secondary N) is 1. The second kappa shape index (κ2) is 7.23. The molecule has 0 aliphatic carbocycles. The van der Waals surface area contributed by atoms with Crippen molar-refractivity contribution in [3.8, 4) is 5.75 Å². The number of hydrogen-bond donors (Lipinski definition) is 1. The van der Waals surface area contributed by atoms with Crippen molar-refractivity contribution in [2.45, 2.75) is 27.4 Å². The first-order chi connectivity index (χ1) is 13.5. The van der Waals surface area contributed by atoms with Crippen LogP contribution in [-0.2, 0) is 6.61 Å². The van der Waals surface area contributed by atoms with Crippen molar-refractivity contribution >= 4 is 22.7 Å². The van der Waals surface area contributed by atoms with Gasteiger partial charge in [0.2, 0.25) is 0 Å². The molecule has 6 nitrogen and oxygen atoms in total. The fraction of sp³-hybridized carbons (Fsp3) is 0.182. The van der Waals surface area contributed by atoms with Crippen LogP contribution in [0.3, 0.4) is 0 Å². The fourth-order valence-electron chi connectivity index (χ4n) is 3.00. The number of aromatic nitrogens is 1. The average Bonchev–Trinajstić information content (AvgIpc) is 3.26. The number of rotatable bonds is 5. The van der Waals surface area contributed by atoms with Gasteiger partial charge in [0.1, 0.15) is 23.6 Å². The number of nitrogens with zero attached hydrogens (tertiary/aromatic N) is 1. The van der Waals surface area contributed by atoms with Crippen molar-refractivity contribution in [2.75, 3.05) is 5.32 Å². The third kappa shape index (κ3) is 3.76. The summed E-state index contributed by atoms with van der Waals surface area (Å²) >= 11 is 0. The number of fused-ring (bicyclic) bond motifs is 1. The van der Waals surface area contributed by atoms with Crippen LogP contribution >= 0.6 is 0 Å². The number of aryl methyl sites for hydroxylation is 3. The van der Waals surface area contributed by atoms with Crippen LogP contribution in [0.5, 0.6) is 5.75 Å². The number of ether oxygens (including phenoxy) is 1. The minimum absolute atomic E-state index is 0.218. The van der Waals surface area contributed by atoms with Crippen LogP contribution in [0, 0.1) is 20.8 Å². The largest absolute Gasteiger partial charge is 0.485 e. The van der Waals surface area contributed by atoms with Gasteiger partial charge in [0.05, 0.1) is 0 Å². The molecule has 4 rings (SSSR count). The molecule has 2 aromatic heterocycles. The lowest BCUT2D eigenvalue weighted by Gasteiger charge is -2.08. The predicted octanol–water partition coefficient (Wildman–Crippen LogP) is 5.18. The Balaban J connectivity index is 1.41. The number of anilines is 1. The van der Waals surface area contributed by atoms with Crippen LogP contribution in [-0.4, -0.2) is 10.9 Å². The maximum atomic E-state index is 12.4. The zero-order chi connectivity index (χ0) is 19.7. The first kappa shape index (κ1) is 17.9. The van der Waals surface area contributed by atoms with Crippen molar-refractivity contribution in [3.63, 3.8) is 0 Å². The molecular weight excluding hydrogens is 356 g/mol. The van der Waals surface area contributed by atoms with Gasteiger partial charge in [0.15, 0.2) is 17.2 Å². The predicted molar refractivity (Wildman–Crippen MR) is 106 cm³/mol. The quantitative estimate of drug-likeness (QED) is 0.519. The second-order valence-electron chi connectivity index (χ2n) is 6.69. The molecule has 142 valence electrons. The second-order valence-corrected chi connectivity index (χ2v) is 6.69. The van der Waals surface area contributed by atoms with E-state index in [0.29, 0.717) is 28.4 Å². The summed E-state index contributed by atoms with van der Waals surface area (Å²) in [5, 5.41) is 2.81. The summed E-state index contributed by atoms with van der Waals surface area (Å²) in [4.78, 5) is 16.7. The van der Waals surface area contributed by atoms with E-state index >= 15 is 0 Å². The van der Waals surface area contributed by atoms with E-state index in [1.165, 1.54) is 5.56 Å². The van der Waals surface area contributed by atoms with Crippen LogP contribution in [0.1, 0.15) is 33.3 Å². The molecule has 0 saturated heterocycles. The van der Waals surface area contributed by atoms with Crippen LogP contribution in [0.15, 0.2) is 57.4 Å². The van der Waals surface area contributed by atoms with Crippen molar-refractivity contribution in [1.29, 1.82) is 0 Å². The molecule has 1 amide bonds. The molecule has 0 unspecified atom stereocenters. The van der Waals surface area contributed by atoms with Crippen molar-refractivity contribution in [3.05, 3.63) is 77.1 Å². The van der Waals surface area contributed by atoms with Gasteiger partial charge >= 0.3 is 0 Å². The zero-order valence-electron chi connectivity index (χ0n) is 15.9. The number of oxazole rings is 1. The van der Waals surface area contributed by atoms with Crippen LogP contribution in [0.2, 0.25) is 0 Å². The van der Waals surface area contributed by atoms with Gasteiger partial charge in [-0.3, -0.25) is 4.79 Å². The Morgan fingerprint density at radius 2 is 1.89 bits per heavy atom. The molecule has 0 aliphatic rings. The standard InChI is InChI=1S/C22H20N2O4/c1-13-4-7-19(14(2)10-13)26-12-17-6-9-21(28-17)22(25)24-16-5-8-20-18(11-16)23-15(3)27-20/h4-11H,12H2,1-3H3,(H,24,25). The number of carbonyl (C=O) groups excluding carboxylic acids is 1. The van der Waals surface area contributed by atoms with E-state index in [0.717, 1.165) is 11.3 Å². The molecule has 4 aromatic rings. The minimum atomic E-state index is -0.336. The smallest absolute Gasteiger partial charge is 0.291 e. The first-order valence-electron chi connectivity index (χ1n) is 8.95. The lowest BCUT2D eigenvalue weighted by atomic mass is 10.1. The van der Waals surface area contributed by atoms with Crippen LogP contribution in [0.25, 0.3) is 11.1 Å². The van der Waals surface area contributed by atoms with E-state index < -0.39 is 0 Å². The maximum Gasteiger partial charge on any atom is 0.291 e.